The number of aliphatic hydroxyl groups is 1. The van der Waals surface area contributed by atoms with Crippen LogP contribution in [0, 0.1) is 0 Å². The van der Waals surface area contributed by atoms with Gasteiger partial charge in [0.05, 0.1) is 12.6 Å². The van der Waals surface area contributed by atoms with Gasteiger partial charge in [-0.2, -0.15) is 0 Å². The zero-order chi connectivity index (χ0) is 13.1. The monoisotopic (exact) mass is 246 g/mol. The molecule has 0 aliphatic carbocycles. The topological polar surface area (TPSA) is 56.3 Å². The first-order valence-electron chi connectivity index (χ1n) is 6.06. The normalized spacial score (nSPS) is 13.1. The Kier molecular flexibility index (Phi) is 3.79. The van der Waals surface area contributed by atoms with Crippen LogP contribution in [0.5, 0.6) is 0 Å². The predicted octanol–water partition coefficient (Wildman–Crippen LogP) is 1.66. The molecule has 18 heavy (non-hydrogen) atoms. The molecule has 2 N–H and O–H groups in total. The van der Waals surface area contributed by atoms with Crippen molar-refractivity contribution in [1.29, 1.82) is 0 Å². The van der Waals surface area contributed by atoms with E-state index in [0.717, 1.165) is 10.9 Å². The maximum Gasteiger partial charge on any atom is 0.181 e. The molecular formula is C14H18N2O2. The van der Waals surface area contributed by atoms with Crippen LogP contribution in [-0.4, -0.2) is 47.0 Å². The third-order valence-corrected chi connectivity index (χ3v) is 3.35. The van der Waals surface area contributed by atoms with Crippen LogP contribution in [0.15, 0.2) is 30.5 Å². The number of carbonyl (C=O) groups excluding carboxylic acids is 1. The van der Waals surface area contributed by atoms with Gasteiger partial charge in [-0.3, -0.25) is 9.69 Å². The molecule has 2 rings (SSSR count). The fraction of sp³-hybridized carbons (Fsp3) is 0.357. The molecule has 2 aromatic rings. The second kappa shape index (κ2) is 5.33. The molecule has 1 unspecified atom stereocenters. The zero-order valence-electron chi connectivity index (χ0n) is 10.7. The number of nitrogens with zero attached hydrogens (tertiary/aromatic N) is 1. The number of fused-ring (bicyclic) bond motifs is 1. The highest BCUT2D eigenvalue weighted by molar-refractivity contribution is 6.10. The summed E-state index contributed by atoms with van der Waals surface area (Å²) in [6.07, 6.45) is 1.76. The minimum Gasteiger partial charge on any atom is -0.395 e. The molecule has 0 radical (unpaired) electrons. The smallest absolute Gasteiger partial charge is 0.181 e. The van der Waals surface area contributed by atoms with Crippen LogP contribution in [0.3, 0.4) is 0 Å². The third-order valence-electron chi connectivity index (χ3n) is 3.35. The minimum absolute atomic E-state index is 0.0575. The maximum absolute atomic E-state index is 12.4. The zero-order valence-corrected chi connectivity index (χ0v) is 10.7. The largest absolute Gasteiger partial charge is 0.395 e. The Morgan fingerprint density at radius 2 is 2.17 bits per heavy atom. The molecule has 4 nitrogen and oxygen atoms in total. The van der Waals surface area contributed by atoms with Gasteiger partial charge in [-0.1, -0.05) is 18.2 Å². The number of aromatic amines is 1. The molecule has 0 spiro atoms. The summed E-state index contributed by atoms with van der Waals surface area (Å²) in [5.41, 5.74) is 1.68. The number of ketones is 1. The molecule has 96 valence electrons. The number of hydrogen-bond donors (Lipinski definition) is 2. The number of rotatable bonds is 5. The molecule has 1 heterocycles. The van der Waals surface area contributed by atoms with Gasteiger partial charge >= 0.3 is 0 Å². The number of benzene rings is 1. The molecule has 0 aliphatic rings. The maximum atomic E-state index is 12.4. The summed E-state index contributed by atoms with van der Waals surface area (Å²) in [6.45, 7) is 2.41. The lowest BCUT2D eigenvalue weighted by Crippen LogP contribution is -2.37. The second-order valence-corrected chi connectivity index (χ2v) is 4.49. The van der Waals surface area contributed by atoms with E-state index in [-0.39, 0.29) is 18.4 Å². The van der Waals surface area contributed by atoms with Gasteiger partial charge in [0.15, 0.2) is 5.78 Å². The number of aliphatic hydroxyl groups excluding tert-OH is 1. The van der Waals surface area contributed by atoms with E-state index < -0.39 is 0 Å². The average molecular weight is 246 g/mol. The number of H-pyrrole nitrogens is 1. The van der Waals surface area contributed by atoms with E-state index in [0.29, 0.717) is 12.1 Å². The number of nitrogens with one attached hydrogen (secondary N) is 1. The number of carbonyl (C=O) groups is 1. The Morgan fingerprint density at radius 3 is 2.89 bits per heavy atom. The van der Waals surface area contributed by atoms with Crippen molar-refractivity contribution in [3.63, 3.8) is 0 Å². The van der Waals surface area contributed by atoms with Crippen LogP contribution in [0.1, 0.15) is 17.3 Å². The lowest BCUT2D eigenvalue weighted by atomic mass is 10.0. The molecule has 0 saturated carbocycles. The number of likely N-dealkylation sites (N-methyl/N-ethyl adjacent to an activating group) is 1. The Bertz CT molecular complexity index is 547. The Morgan fingerprint density at radius 1 is 1.44 bits per heavy atom. The Balaban J connectivity index is 2.28. The fourth-order valence-corrected chi connectivity index (χ4v) is 2.05. The van der Waals surface area contributed by atoms with Crippen LogP contribution < -0.4 is 0 Å². The van der Waals surface area contributed by atoms with Crippen LogP contribution in [0.4, 0.5) is 0 Å². The molecule has 0 aliphatic heterocycles. The second-order valence-electron chi connectivity index (χ2n) is 4.49. The van der Waals surface area contributed by atoms with Crippen LogP contribution in [-0.2, 0) is 0 Å². The van der Waals surface area contributed by atoms with E-state index in [1.807, 2.05) is 43.1 Å². The quantitative estimate of drug-likeness (QED) is 0.789. The van der Waals surface area contributed by atoms with E-state index in [4.69, 9.17) is 5.11 Å². The summed E-state index contributed by atoms with van der Waals surface area (Å²) in [5.74, 6) is 0.0726. The fourth-order valence-electron chi connectivity index (χ4n) is 2.05. The van der Waals surface area contributed by atoms with Crippen LogP contribution in [0.25, 0.3) is 10.9 Å². The molecule has 0 amide bonds. The van der Waals surface area contributed by atoms with Gasteiger partial charge in [0, 0.05) is 29.2 Å². The third kappa shape index (κ3) is 2.30. The molecule has 4 heteroatoms. The summed E-state index contributed by atoms with van der Waals surface area (Å²) in [5, 5.41) is 9.86. The Labute approximate surface area is 106 Å². The minimum atomic E-state index is -0.239. The molecular weight excluding hydrogens is 228 g/mol. The summed E-state index contributed by atoms with van der Waals surface area (Å²) in [7, 11) is 1.84. The van der Waals surface area contributed by atoms with Crippen LogP contribution >= 0.6 is 0 Å². The average Bonchev–Trinajstić information content (AvgIpc) is 2.81. The number of Topliss-reactive ketones (excluding diaryl/α,β-unsaturated/α-hetero) is 1. The molecule has 1 aromatic carbocycles. The van der Waals surface area contributed by atoms with Gasteiger partial charge < -0.3 is 10.1 Å². The van der Waals surface area contributed by atoms with Crippen molar-refractivity contribution in [3.05, 3.63) is 36.0 Å². The highest BCUT2D eigenvalue weighted by Gasteiger charge is 2.21. The highest BCUT2D eigenvalue weighted by atomic mass is 16.3. The van der Waals surface area contributed by atoms with E-state index in [2.05, 4.69) is 4.98 Å². The van der Waals surface area contributed by atoms with Crippen molar-refractivity contribution >= 4 is 16.7 Å². The Hall–Kier alpha value is -1.65. The summed E-state index contributed by atoms with van der Waals surface area (Å²) in [6, 6.07) is 7.52. The first-order valence-corrected chi connectivity index (χ1v) is 6.06. The van der Waals surface area contributed by atoms with E-state index in [9.17, 15) is 4.79 Å². The summed E-state index contributed by atoms with van der Waals surface area (Å²) < 4.78 is 0. The van der Waals surface area contributed by atoms with Crippen molar-refractivity contribution < 1.29 is 9.90 Å². The molecule has 0 fully saturated rings. The van der Waals surface area contributed by atoms with Gasteiger partial charge in [0.2, 0.25) is 0 Å². The van der Waals surface area contributed by atoms with Gasteiger partial charge in [0.25, 0.3) is 0 Å². The van der Waals surface area contributed by atoms with Gasteiger partial charge in [-0.25, -0.2) is 0 Å². The first kappa shape index (κ1) is 12.8. The lowest BCUT2D eigenvalue weighted by Gasteiger charge is -2.22. The molecule has 0 bridgehead atoms. The highest BCUT2D eigenvalue weighted by Crippen LogP contribution is 2.20. The van der Waals surface area contributed by atoms with Gasteiger partial charge in [-0.15, -0.1) is 0 Å². The standard InChI is InChI=1S/C14H18N2O2/c1-10(16(2)7-8-17)14(18)12-9-15-13-6-4-3-5-11(12)13/h3-6,9-10,15,17H,7-8H2,1-2H3. The predicted molar refractivity (Wildman–Crippen MR) is 71.8 cm³/mol. The van der Waals surface area contributed by atoms with Crippen molar-refractivity contribution in [3.8, 4) is 0 Å². The van der Waals surface area contributed by atoms with Crippen molar-refractivity contribution in [2.45, 2.75) is 13.0 Å². The van der Waals surface area contributed by atoms with E-state index in [1.165, 1.54) is 0 Å². The summed E-state index contributed by atoms with van der Waals surface area (Å²) >= 11 is 0. The number of para-hydroxylation sites is 1. The van der Waals surface area contributed by atoms with Crippen molar-refractivity contribution in [1.82, 2.24) is 9.88 Å². The van der Waals surface area contributed by atoms with Crippen LogP contribution in [0.2, 0.25) is 0 Å². The molecule has 1 atom stereocenters. The van der Waals surface area contributed by atoms with Gasteiger partial charge in [-0.05, 0) is 20.0 Å². The van der Waals surface area contributed by atoms with Crippen molar-refractivity contribution in [2.75, 3.05) is 20.2 Å². The van der Waals surface area contributed by atoms with Gasteiger partial charge in [0.1, 0.15) is 0 Å². The molecule has 1 aromatic heterocycles. The first-order chi connectivity index (χ1) is 8.65. The number of hydrogen-bond acceptors (Lipinski definition) is 3. The lowest BCUT2D eigenvalue weighted by molar-refractivity contribution is 0.0850. The van der Waals surface area contributed by atoms with E-state index >= 15 is 0 Å². The molecule has 0 saturated heterocycles. The SMILES string of the molecule is CC(C(=O)c1c[nH]c2ccccc12)N(C)CCO. The van der Waals surface area contributed by atoms with E-state index in [1.54, 1.807) is 6.20 Å². The van der Waals surface area contributed by atoms with Crippen molar-refractivity contribution in [2.24, 2.45) is 0 Å². The summed E-state index contributed by atoms with van der Waals surface area (Å²) in [4.78, 5) is 17.4. The number of aromatic nitrogens is 1.